The fourth-order valence-electron chi connectivity index (χ4n) is 3.53. The quantitative estimate of drug-likeness (QED) is 0.546. The zero-order valence-corrected chi connectivity index (χ0v) is 17.2. The molecule has 0 aliphatic carbocycles. The molecule has 0 unspecified atom stereocenters. The van der Waals surface area contributed by atoms with E-state index >= 15 is 0 Å². The SMILES string of the molecule is Cc1ccccc1CC(=O)N1CCN(c2cccc(S(C)(=O)=O)c2[N+](=O)[O-])CC1. The molecule has 3 rings (SSSR count). The molecule has 0 aromatic heterocycles. The Bertz CT molecular complexity index is 1040. The number of carbonyl (C=O) groups is 1. The number of hydrogen-bond acceptors (Lipinski definition) is 6. The molecule has 29 heavy (non-hydrogen) atoms. The number of hydrogen-bond donors (Lipinski definition) is 0. The molecule has 0 N–H and O–H groups in total. The third-order valence-corrected chi connectivity index (χ3v) is 6.26. The zero-order valence-electron chi connectivity index (χ0n) is 16.4. The largest absolute Gasteiger partial charge is 0.362 e. The minimum Gasteiger partial charge on any atom is -0.362 e. The second-order valence-electron chi connectivity index (χ2n) is 7.12. The molecular weight excluding hydrogens is 394 g/mol. The van der Waals surface area contributed by atoms with Gasteiger partial charge < -0.3 is 9.80 Å². The number of piperazine rings is 1. The number of carbonyl (C=O) groups excluding carboxylic acids is 1. The molecule has 1 aliphatic heterocycles. The van der Waals surface area contributed by atoms with Crippen LogP contribution in [-0.4, -0.2) is 56.6 Å². The Labute approximate surface area is 169 Å². The molecule has 1 aliphatic rings. The number of benzene rings is 2. The Hall–Kier alpha value is -2.94. The Kier molecular flexibility index (Phi) is 5.88. The van der Waals surface area contributed by atoms with E-state index in [0.29, 0.717) is 32.6 Å². The van der Waals surface area contributed by atoms with Gasteiger partial charge in [-0.15, -0.1) is 0 Å². The van der Waals surface area contributed by atoms with Crippen molar-refractivity contribution in [2.75, 3.05) is 37.3 Å². The van der Waals surface area contributed by atoms with Crippen molar-refractivity contribution in [2.24, 2.45) is 0 Å². The van der Waals surface area contributed by atoms with Crippen molar-refractivity contribution in [3.63, 3.8) is 0 Å². The number of amides is 1. The molecule has 154 valence electrons. The highest BCUT2D eigenvalue weighted by atomic mass is 32.2. The third-order valence-electron chi connectivity index (χ3n) is 5.14. The van der Waals surface area contributed by atoms with E-state index in [1.165, 1.54) is 12.1 Å². The summed E-state index contributed by atoms with van der Waals surface area (Å²) in [5, 5.41) is 11.6. The maximum atomic E-state index is 12.6. The highest BCUT2D eigenvalue weighted by molar-refractivity contribution is 7.90. The minimum atomic E-state index is -3.74. The fourth-order valence-corrected chi connectivity index (χ4v) is 4.38. The molecular formula is C20H23N3O5S. The van der Waals surface area contributed by atoms with Crippen molar-refractivity contribution in [3.8, 4) is 0 Å². The van der Waals surface area contributed by atoms with Gasteiger partial charge in [0.2, 0.25) is 5.91 Å². The van der Waals surface area contributed by atoms with Crippen LogP contribution in [0.5, 0.6) is 0 Å². The molecule has 0 radical (unpaired) electrons. The standard InChI is InChI=1S/C20H23N3O5S/c1-15-6-3-4-7-16(15)14-19(24)22-12-10-21(11-13-22)17-8-5-9-18(29(2,27)28)20(17)23(25)26/h3-9H,10-14H2,1-2H3. The second kappa shape index (κ2) is 8.20. The molecule has 0 atom stereocenters. The van der Waals surface area contributed by atoms with E-state index in [1.54, 1.807) is 15.9 Å². The molecule has 0 spiro atoms. The summed E-state index contributed by atoms with van der Waals surface area (Å²) in [4.78, 5) is 26.8. The van der Waals surface area contributed by atoms with Gasteiger partial charge >= 0.3 is 5.69 Å². The van der Waals surface area contributed by atoms with E-state index in [0.717, 1.165) is 17.4 Å². The number of nitro benzene ring substituents is 1. The lowest BCUT2D eigenvalue weighted by molar-refractivity contribution is -0.387. The summed E-state index contributed by atoms with van der Waals surface area (Å²) >= 11 is 0. The van der Waals surface area contributed by atoms with Gasteiger partial charge in [0.05, 0.1) is 11.3 Å². The van der Waals surface area contributed by atoms with Crippen LogP contribution in [0.15, 0.2) is 47.4 Å². The maximum absolute atomic E-state index is 12.6. The van der Waals surface area contributed by atoms with Gasteiger partial charge in [-0.25, -0.2) is 8.42 Å². The molecule has 0 bridgehead atoms. The number of anilines is 1. The zero-order chi connectivity index (χ0) is 21.2. The molecule has 9 heteroatoms. The maximum Gasteiger partial charge on any atom is 0.311 e. The summed E-state index contributed by atoms with van der Waals surface area (Å²) in [5.41, 5.74) is 1.91. The summed E-state index contributed by atoms with van der Waals surface area (Å²) in [5.74, 6) is 0.0123. The van der Waals surface area contributed by atoms with Gasteiger partial charge in [-0.1, -0.05) is 30.3 Å². The Morgan fingerprint density at radius 3 is 2.31 bits per heavy atom. The predicted molar refractivity (Wildman–Crippen MR) is 110 cm³/mol. The van der Waals surface area contributed by atoms with Gasteiger partial charge in [-0.2, -0.15) is 0 Å². The monoisotopic (exact) mass is 417 g/mol. The highest BCUT2D eigenvalue weighted by Crippen LogP contribution is 2.35. The van der Waals surface area contributed by atoms with Crippen LogP contribution in [0.4, 0.5) is 11.4 Å². The van der Waals surface area contributed by atoms with Crippen LogP contribution in [0.25, 0.3) is 0 Å². The average Bonchev–Trinajstić information content (AvgIpc) is 2.68. The molecule has 1 amide bonds. The van der Waals surface area contributed by atoms with Gasteiger partial charge in [0.1, 0.15) is 10.6 Å². The van der Waals surface area contributed by atoms with Crippen molar-refractivity contribution in [2.45, 2.75) is 18.2 Å². The first-order chi connectivity index (χ1) is 13.7. The molecule has 0 saturated carbocycles. The van der Waals surface area contributed by atoms with E-state index in [4.69, 9.17) is 0 Å². The van der Waals surface area contributed by atoms with Gasteiger partial charge in [0.25, 0.3) is 0 Å². The Balaban J connectivity index is 1.75. The first-order valence-electron chi connectivity index (χ1n) is 9.23. The van der Waals surface area contributed by atoms with Gasteiger partial charge in [0.15, 0.2) is 9.84 Å². The number of rotatable bonds is 5. The van der Waals surface area contributed by atoms with Gasteiger partial charge in [-0.3, -0.25) is 14.9 Å². The topological polar surface area (TPSA) is 101 Å². The van der Waals surface area contributed by atoms with E-state index in [-0.39, 0.29) is 16.5 Å². The number of nitrogens with zero attached hydrogens (tertiary/aromatic N) is 3. The van der Waals surface area contributed by atoms with Crippen LogP contribution in [-0.2, 0) is 21.1 Å². The predicted octanol–water partition coefficient (Wildman–Crippen LogP) is 2.20. The molecule has 1 heterocycles. The highest BCUT2D eigenvalue weighted by Gasteiger charge is 2.31. The van der Waals surface area contributed by atoms with Crippen LogP contribution in [0.3, 0.4) is 0 Å². The molecule has 8 nitrogen and oxygen atoms in total. The van der Waals surface area contributed by atoms with Crippen molar-refractivity contribution < 1.29 is 18.1 Å². The van der Waals surface area contributed by atoms with Crippen molar-refractivity contribution in [1.29, 1.82) is 0 Å². The summed E-state index contributed by atoms with van der Waals surface area (Å²) < 4.78 is 23.9. The second-order valence-corrected chi connectivity index (χ2v) is 9.11. The molecule has 1 saturated heterocycles. The Morgan fingerprint density at radius 1 is 1.07 bits per heavy atom. The van der Waals surface area contributed by atoms with Crippen molar-refractivity contribution >= 4 is 27.1 Å². The lowest BCUT2D eigenvalue weighted by atomic mass is 10.1. The number of sulfone groups is 1. The summed E-state index contributed by atoms with van der Waals surface area (Å²) in [7, 11) is -3.74. The average molecular weight is 417 g/mol. The fraction of sp³-hybridized carbons (Fsp3) is 0.350. The van der Waals surface area contributed by atoms with Gasteiger partial charge in [-0.05, 0) is 30.2 Å². The third kappa shape index (κ3) is 4.56. The first kappa shape index (κ1) is 20.8. The summed E-state index contributed by atoms with van der Waals surface area (Å²) in [6, 6.07) is 12.0. The summed E-state index contributed by atoms with van der Waals surface area (Å²) in [6.45, 7) is 3.60. The lowest BCUT2D eigenvalue weighted by Gasteiger charge is -2.36. The van der Waals surface area contributed by atoms with Gasteiger partial charge in [0, 0.05) is 32.4 Å². The van der Waals surface area contributed by atoms with E-state index in [1.807, 2.05) is 31.2 Å². The van der Waals surface area contributed by atoms with Crippen molar-refractivity contribution in [3.05, 3.63) is 63.7 Å². The Morgan fingerprint density at radius 2 is 1.72 bits per heavy atom. The van der Waals surface area contributed by atoms with E-state index in [2.05, 4.69) is 0 Å². The van der Waals surface area contributed by atoms with Crippen LogP contribution >= 0.6 is 0 Å². The molecule has 1 fully saturated rings. The van der Waals surface area contributed by atoms with Crippen LogP contribution in [0.1, 0.15) is 11.1 Å². The van der Waals surface area contributed by atoms with Crippen LogP contribution < -0.4 is 4.90 Å². The smallest absolute Gasteiger partial charge is 0.311 e. The van der Waals surface area contributed by atoms with Crippen molar-refractivity contribution in [1.82, 2.24) is 4.90 Å². The first-order valence-corrected chi connectivity index (χ1v) is 11.1. The number of aryl methyl sites for hydroxylation is 1. The van der Waals surface area contributed by atoms with Crippen LogP contribution in [0.2, 0.25) is 0 Å². The normalized spacial score (nSPS) is 14.7. The molecule has 2 aromatic rings. The number of nitro groups is 1. The van der Waals surface area contributed by atoms with E-state index in [9.17, 15) is 23.3 Å². The van der Waals surface area contributed by atoms with Crippen LogP contribution in [0, 0.1) is 17.0 Å². The minimum absolute atomic E-state index is 0.0123. The van der Waals surface area contributed by atoms with E-state index < -0.39 is 20.4 Å². The molecule has 2 aromatic carbocycles. The number of para-hydroxylation sites is 1. The lowest BCUT2D eigenvalue weighted by Crippen LogP contribution is -2.49. The summed E-state index contributed by atoms with van der Waals surface area (Å²) in [6.07, 6.45) is 1.28.